The minimum Gasteiger partial charge on any atom is -0.481 e. The van der Waals surface area contributed by atoms with Crippen molar-refractivity contribution in [2.75, 3.05) is 6.54 Å². The monoisotopic (exact) mass is 347 g/mol. The van der Waals surface area contributed by atoms with E-state index < -0.39 is 23.6 Å². The molecule has 1 rings (SSSR count). The summed E-state index contributed by atoms with van der Waals surface area (Å²) in [6.45, 7) is 5.43. The van der Waals surface area contributed by atoms with E-state index in [0.717, 1.165) is 0 Å². The van der Waals surface area contributed by atoms with Crippen LogP contribution in [-0.4, -0.2) is 29.3 Å². The van der Waals surface area contributed by atoms with Gasteiger partial charge in [-0.1, -0.05) is 29.3 Å². The Hall–Kier alpha value is -1.46. The zero-order valence-electron chi connectivity index (χ0n) is 12.7. The first kappa shape index (κ1) is 18.6. The van der Waals surface area contributed by atoms with Crippen LogP contribution in [0.5, 0.6) is 0 Å². The average molecular weight is 348 g/mol. The fourth-order valence-corrected chi connectivity index (χ4v) is 2.10. The smallest absolute Gasteiger partial charge is 0.407 e. The summed E-state index contributed by atoms with van der Waals surface area (Å²) < 4.78 is 5.08. The summed E-state index contributed by atoms with van der Waals surface area (Å²) in [5, 5.41) is 12.5. The number of amides is 1. The predicted molar refractivity (Wildman–Crippen MR) is 85.7 cm³/mol. The van der Waals surface area contributed by atoms with Crippen molar-refractivity contribution in [3.05, 3.63) is 33.8 Å². The maximum absolute atomic E-state index is 11.5. The van der Waals surface area contributed by atoms with E-state index in [1.165, 1.54) is 6.07 Å². The van der Waals surface area contributed by atoms with Crippen molar-refractivity contribution in [3.8, 4) is 0 Å². The minimum absolute atomic E-state index is 0.173. The summed E-state index contributed by atoms with van der Waals surface area (Å²) in [5.74, 6) is -1.78. The van der Waals surface area contributed by atoms with Gasteiger partial charge < -0.3 is 15.2 Å². The Bertz CT molecular complexity index is 555. The lowest BCUT2D eigenvalue weighted by atomic mass is 9.96. The lowest BCUT2D eigenvalue weighted by Gasteiger charge is -2.20. The largest absolute Gasteiger partial charge is 0.481 e. The number of hydrogen-bond donors (Lipinski definition) is 2. The van der Waals surface area contributed by atoms with E-state index in [1.807, 2.05) is 0 Å². The number of rotatable bonds is 5. The Balaban J connectivity index is 2.64. The van der Waals surface area contributed by atoms with Crippen molar-refractivity contribution in [3.63, 3.8) is 0 Å². The number of aliphatic carboxylic acids is 1. The van der Waals surface area contributed by atoms with E-state index in [9.17, 15) is 14.7 Å². The van der Waals surface area contributed by atoms with Crippen LogP contribution in [0.4, 0.5) is 4.79 Å². The van der Waals surface area contributed by atoms with Crippen LogP contribution in [0.3, 0.4) is 0 Å². The van der Waals surface area contributed by atoms with Crippen molar-refractivity contribution in [1.29, 1.82) is 0 Å². The molecule has 7 heteroatoms. The summed E-state index contributed by atoms with van der Waals surface area (Å²) >= 11 is 11.7. The number of carboxylic acids is 1. The van der Waals surface area contributed by atoms with Gasteiger partial charge in [0.2, 0.25) is 0 Å². The molecule has 0 bridgehead atoms. The fourth-order valence-electron chi connectivity index (χ4n) is 1.79. The summed E-state index contributed by atoms with van der Waals surface area (Å²) in [7, 11) is 0. The second-order valence-electron chi connectivity index (χ2n) is 5.78. The minimum atomic E-state index is -0.996. The van der Waals surface area contributed by atoms with Crippen LogP contribution >= 0.6 is 23.2 Å². The van der Waals surface area contributed by atoms with Gasteiger partial charge in [0.15, 0.2) is 0 Å². The van der Waals surface area contributed by atoms with Gasteiger partial charge in [-0.2, -0.15) is 0 Å². The van der Waals surface area contributed by atoms with Crippen LogP contribution < -0.4 is 5.32 Å². The number of hydrogen-bond acceptors (Lipinski definition) is 3. The Morgan fingerprint density at radius 1 is 1.27 bits per heavy atom. The van der Waals surface area contributed by atoms with Crippen molar-refractivity contribution in [2.45, 2.75) is 38.7 Å². The van der Waals surface area contributed by atoms with E-state index in [4.69, 9.17) is 27.9 Å². The normalized spacial score (nSPS) is 12.6. The van der Waals surface area contributed by atoms with Gasteiger partial charge in [0.05, 0.1) is 16.0 Å². The Morgan fingerprint density at radius 2 is 1.91 bits per heavy atom. The van der Waals surface area contributed by atoms with Gasteiger partial charge in [-0.15, -0.1) is 0 Å². The van der Waals surface area contributed by atoms with E-state index in [1.54, 1.807) is 32.9 Å². The molecule has 5 nitrogen and oxygen atoms in total. The summed E-state index contributed by atoms with van der Waals surface area (Å²) in [6, 6.07) is 4.69. The highest BCUT2D eigenvalue weighted by Crippen LogP contribution is 2.28. The molecule has 1 atom stereocenters. The van der Waals surface area contributed by atoms with Gasteiger partial charge in [-0.3, -0.25) is 4.79 Å². The lowest BCUT2D eigenvalue weighted by molar-refractivity contribution is -0.139. The first-order valence-corrected chi connectivity index (χ1v) is 7.50. The number of carboxylic acid groups (broad SMARTS) is 1. The standard InChI is InChI=1S/C15H19Cl2NO4/c1-15(2,3)22-14(21)18-7-6-10(13(19)20)9-4-5-11(16)12(17)8-9/h4-5,8,10H,6-7H2,1-3H3,(H,18,21)(H,19,20)/t10-/m1/s1. The molecule has 0 aliphatic carbocycles. The quantitative estimate of drug-likeness (QED) is 0.841. The average Bonchev–Trinajstić information content (AvgIpc) is 2.35. The number of ether oxygens (including phenoxy) is 1. The molecular weight excluding hydrogens is 329 g/mol. The van der Waals surface area contributed by atoms with Crippen molar-refractivity contribution in [1.82, 2.24) is 5.32 Å². The number of halogens is 2. The topological polar surface area (TPSA) is 75.6 Å². The first-order chi connectivity index (χ1) is 10.1. The number of nitrogens with one attached hydrogen (secondary N) is 1. The van der Waals surface area contributed by atoms with Crippen LogP contribution in [0.25, 0.3) is 0 Å². The molecular formula is C15H19Cl2NO4. The molecule has 2 N–H and O–H groups in total. The highest BCUT2D eigenvalue weighted by Gasteiger charge is 2.21. The third-order valence-corrected chi connectivity index (χ3v) is 3.48. The van der Waals surface area contributed by atoms with Gasteiger partial charge >= 0.3 is 12.1 Å². The maximum Gasteiger partial charge on any atom is 0.407 e. The molecule has 0 aromatic heterocycles. The van der Waals surface area contributed by atoms with Crippen LogP contribution in [-0.2, 0) is 9.53 Å². The van der Waals surface area contributed by atoms with E-state index in [-0.39, 0.29) is 13.0 Å². The van der Waals surface area contributed by atoms with Crippen LogP contribution in [0.1, 0.15) is 38.7 Å². The molecule has 0 saturated heterocycles. The molecule has 0 spiro atoms. The molecule has 22 heavy (non-hydrogen) atoms. The van der Waals surface area contributed by atoms with Crippen molar-refractivity contribution < 1.29 is 19.4 Å². The van der Waals surface area contributed by atoms with Crippen LogP contribution in [0.2, 0.25) is 10.0 Å². The molecule has 0 fully saturated rings. The Labute approximate surface area is 139 Å². The van der Waals surface area contributed by atoms with Crippen molar-refractivity contribution >= 4 is 35.3 Å². The van der Waals surface area contributed by atoms with Gasteiger partial charge in [0.25, 0.3) is 0 Å². The van der Waals surface area contributed by atoms with Gasteiger partial charge in [-0.25, -0.2) is 4.79 Å². The first-order valence-electron chi connectivity index (χ1n) is 6.75. The second-order valence-corrected chi connectivity index (χ2v) is 6.60. The predicted octanol–water partition coefficient (Wildman–Crippen LogP) is 4.08. The number of benzene rings is 1. The number of alkyl carbamates (subject to hydrolysis) is 1. The number of carbonyl (C=O) groups excluding carboxylic acids is 1. The molecule has 1 aromatic rings. The highest BCUT2D eigenvalue weighted by atomic mass is 35.5. The van der Waals surface area contributed by atoms with Gasteiger partial charge in [0.1, 0.15) is 5.60 Å². The van der Waals surface area contributed by atoms with E-state index in [0.29, 0.717) is 15.6 Å². The number of carbonyl (C=O) groups is 2. The summed E-state index contributed by atoms with van der Waals surface area (Å²) in [6.07, 6.45) is -0.363. The summed E-state index contributed by atoms with van der Waals surface area (Å²) in [5.41, 5.74) is -0.0622. The Morgan fingerprint density at radius 3 is 2.41 bits per heavy atom. The molecule has 1 amide bonds. The molecule has 1 aromatic carbocycles. The summed E-state index contributed by atoms with van der Waals surface area (Å²) in [4.78, 5) is 22.9. The molecule has 0 radical (unpaired) electrons. The van der Waals surface area contributed by atoms with E-state index >= 15 is 0 Å². The highest BCUT2D eigenvalue weighted by molar-refractivity contribution is 6.42. The lowest BCUT2D eigenvalue weighted by Crippen LogP contribution is -2.33. The van der Waals surface area contributed by atoms with Crippen LogP contribution in [0, 0.1) is 0 Å². The van der Waals surface area contributed by atoms with Gasteiger partial charge in [0, 0.05) is 6.54 Å². The molecule has 122 valence electrons. The van der Waals surface area contributed by atoms with Gasteiger partial charge in [-0.05, 0) is 44.9 Å². The fraction of sp³-hybridized carbons (Fsp3) is 0.467. The zero-order chi connectivity index (χ0) is 16.9. The maximum atomic E-state index is 11.5. The second kappa shape index (κ2) is 7.70. The van der Waals surface area contributed by atoms with Crippen LogP contribution in [0.15, 0.2) is 18.2 Å². The van der Waals surface area contributed by atoms with E-state index in [2.05, 4.69) is 5.32 Å². The SMILES string of the molecule is CC(C)(C)OC(=O)NCC[C@@H](C(=O)O)c1ccc(Cl)c(Cl)c1. The van der Waals surface area contributed by atoms with Crippen molar-refractivity contribution in [2.24, 2.45) is 0 Å². The third kappa shape index (κ3) is 6.12. The molecule has 0 aliphatic heterocycles. The third-order valence-electron chi connectivity index (χ3n) is 2.75. The molecule has 0 saturated carbocycles. The molecule has 0 unspecified atom stereocenters. The molecule has 0 aliphatic rings. The zero-order valence-corrected chi connectivity index (χ0v) is 14.2. The Kier molecular flexibility index (Phi) is 6.50. The molecule has 0 heterocycles.